The van der Waals surface area contributed by atoms with Crippen LogP contribution in [0.2, 0.25) is 0 Å². The van der Waals surface area contributed by atoms with Crippen molar-refractivity contribution in [2.45, 2.75) is 56.7 Å². The van der Waals surface area contributed by atoms with E-state index < -0.39 is 17.3 Å². The number of pyridine rings is 1. The molecule has 0 radical (unpaired) electrons. The first-order valence-electron chi connectivity index (χ1n) is 9.82. The fourth-order valence-corrected chi connectivity index (χ4v) is 4.54. The van der Waals surface area contributed by atoms with E-state index in [0.717, 1.165) is 23.7 Å². The molecule has 0 aliphatic heterocycles. The molecule has 0 atom stereocenters. The lowest BCUT2D eigenvalue weighted by Crippen LogP contribution is -2.19. The Morgan fingerprint density at radius 1 is 1.30 bits per heavy atom. The number of halogens is 3. The van der Waals surface area contributed by atoms with Crippen LogP contribution in [0.4, 0.5) is 18.9 Å². The Balaban J connectivity index is 1.67. The number of alkyl halides is 3. The molecule has 1 aromatic heterocycles. The van der Waals surface area contributed by atoms with Gasteiger partial charge in [0.05, 0.1) is 11.1 Å². The van der Waals surface area contributed by atoms with Crippen LogP contribution in [0.15, 0.2) is 29.3 Å². The monoisotopic (exact) mass is 433 g/mol. The smallest absolute Gasteiger partial charge is 0.326 e. The molecule has 1 N–H and O–H groups in total. The van der Waals surface area contributed by atoms with Gasteiger partial charge in [-0.1, -0.05) is 12.1 Å². The van der Waals surface area contributed by atoms with Crippen LogP contribution in [0.3, 0.4) is 0 Å². The van der Waals surface area contributed by atoms with Gasteiger partial charge in [0.15, 0.2) is 0 Å². The van der Waals surface area contributed by atoms with Gasteiger partial charge in [-0.05, 0) is 62.3 Å². The third-order valence-corrected chi connectivity index (χ3v) is 5.99. The number of carbonyl (C=O) groups excluding carboxylic acids is 1. The maximum atomic E-state index is 13.7. The molecule has 4 nitrogen and oxygen atoms in total. The average Bonchev–Trinajstić information content (AvgIpc) is 2.69. The zero-order chi connectivity index (χ0) is 21.7. The number of aryl methyl sites for hydroxylation is 2. The molecule has 0 fully saturated rings. The van der Waals surface area contributed by atoms with Crippen LogP contribution >= 0.6 is 11.8 Å². The van der Waals surface area contributed by atoms with Crippen molar-refractivity contribution in [3.8, 4) is 6.07 Å². The van der Waals surface area contributed by atoms with E-state index in [0.29, 0.717) is 42.8 Å². The molecule has 8 heteroatoms. The molecule has 0 unspecified atom stereocenters. The van der Waals surface area contributed by atoms with E-state index in [1.54, 1.807) is 12.1 Å². The van der Waals surface area contributed by atoms with Crippen molar-refractivity contribution in [3.05, 3.63) is 52.2 Å². The summed E-state index contributed by atoms with van der Waals surface area (Å²) in [5.41, 5.74) is 1.16. The second-order valence-corrected chi connectivity index (χ2v) is 8.36. The number of hydrogen-bond acceptors (Lipinski definition) is 4. The van der Waals surface area contributed by atoms with Gasteiger partial charge in [0.2, 0.25) is 5.91 Å². The number of carbonyl (C=O) groups is 1. The number of rotatable bonds is 6. The van der Waals surface area contributed by atoms with Crippen molar-refractivity contribution in [2.75, 3.05) is 11.1 Å². The lowest BCUT2D eigenvalue weighted by Gasteiger charge is -2.22. The number of nitriles is 1. The van der Waals surface area contributed by atoms with E-state index in [9.17, 15) is 23.2 Å². The molecule has 2 aromatic rings. The molecule has 0 saturated heterocycles. The van der Waals surface area contributed by atoms with E-state index in [4.69, 9.17) is 0 Å². The highest BCUT2D eigenvalue weighted by Crippen LogP contribution is 2.41. The molecule has 158 valence electrons. The first-order valence-corrected chi connectivity index (χ1v) is 10.8. The number of thioether (sulfide) groups is 1. The first-order chi connectivity index (χ1) is 14.3. The van der Waals surface area contributed by atoms with E-state index in [-0.39, 0.29) is 22.9 Å². The minimum Gasteiger partial charge on any atom is -0.326 e. The summed E-state index contributed by atoms with van der Waals surface area (Å²) in [6, 6.07) is 9.17. The summed E-state index contributed by atoms with van der Waals surface area (Å²) in [6.07, 6.45) is -1.62. The molecule has 1 heterocycles. The zero-order valence-electron chi connectivity index (χ0n) is 16.6. The number of anilines is 1. The Hall–Kier alpha value is -2.53. The van der Waals surface area contributed by atoms with Gasteiger partial charge < -0.3 is 5.32 Å². The summed E-state index contributed by atoms with van der Waals surface area (Å²) in [7, 11) is 0. The molecule has 3 rings (SSSR count). The van der Waals surface area contributed by atoms with Crippen molar-refractivity contribution in [3.63, 3.8) is 0 Å². The highest BCUT2D eigenvalue weighted by atomic mass is 32.2. The summed E-state index contributed by atoms with van der Waals surface area (Å²) in [5.74, 6) is 0.245. The van der Waals surface area contributed by atoms with Crippen LogP contribution in [-0.2, 0) is 23.8 Å². The molecular weight excluding hydrogens is 411 g/mol. The summed E-state index contributed by atoms with van der Waals surface area (Å²) in [4.78, 5) is 16.5. The largest absolute Gasteiger partial charge is 0.418 e. The highest BCUT2D eigenvalue weighted by molar-refractivity contribution is 7.99. The van der Waals surface area contributed by atoms with Gasteiger partial charge in [0.25, 0.3) is 0 Å². The van der Waals surface area contributed by atoms with Crippen LogP contribution in [0.25, 0.3) is 0 Å². The molecule has 30 heavy (non-hydrogen) atoms. The SMILES string of the molecule is Cc1cccc(NC(=O)CCCSc2nc3c(c(C(F)(F)F)c2C#N)CCCC3)c1. The minimum atomic E-state index is -4.58. The number of aromatic nitrogens is 1. The van der Waals surface area contributed by atoms with Gasteiger partial charge in [-0.3, -0.25) is 4.79 Å². The molecular formula is C22H22F3N3OS. The van der Waals surface area contributed by atoms with E-state index in [1.807, 2.05) is 25.1 Å². The van der Waals surface area contributed by atoms with Gasteiger partial charge in [0.1, 0.15) is 11.1 Å². The number of nitrogens with one attached hydrogen (secondary N) is 1. The molecule has 1 aromatic carbocycles. The predicted octanol–water partition coefficient (Wildman–Crippen LogP) is 5.67. The summed E-state index contributed by atoms with van der Waals surface area (Å²) < 4.78 is 41.1. The van der Waals surface area contributed by atoms with Crippen LogP contribution in [0, 0.1) is 18.3 Å². The van der Waals surface area contributed by atoms with Crippen LogP contribution in [0.1, 0.15) is 53.6 Å². The Bertz CT molecular complexity index is 983. The van der Waals surface area contributed by atoms with Gasteiger partial charge in [-0.25, -0.2) is 4.98 Å². The second kappa shape index (κ2) is 9.52. The van der Waals surface area contributed by atoms with Crippen molar-refractivity contribution in [2.24, 2.45) is 0 Å². The van der Waals surface area contributed by atoms with Crippen molar-refractivity contribution < 1.29 is 18.0 Å². The minimum absolute atomic E-state index is 0.115. The van der Waals surface area contributed by atoms with Crippen molar-refractivity contribution in [1.29, 1.82) is 5.26 Å². The molecule has 0 bridgehead atoms. The van der Waals surface area contributed by atoms with Gasteiger partial charge in [0, 0.05) is 23.6 Å². The average molecular weight is 433 g/mol. The van der Waals surface area contributed by atoms with Crippen molar-refractivity contribution >= 4 is 23.4 Å². The Morgan fingerprint density at radius 2 is 2.07 bits per heavy atom. The molecule has 0 spiro atoms. The van der Waals surface area contributed by atoms with Gasteiger partial charge in [-0.2, -0.15) is 18.4 Å². The summed E-state index contributed by atoms with van der Waals surface area (Å²) in [6.45, 7) is 1.93. The van der Waals surface area contributed by atoms with Gasteiger partial charge >= 0.3 is 6.18 Å². The number of fused-ring (bicyclic) bond motifs is 1. The normalized spacial score (nSPS) is 13.4. The van der Waals surface area contributed by atoms with Crippen molar-refractivity contribution in [1.82, 2.24) is 4.98 Å². The zero-order valence-corrected chi connectivity index (χ0v) is 17.4. The molecule has 1 amide bonds. The maximum Gasteiger partial charge on any atom is 0.418 e. The van der Waals surface area contributed by atoms with E-state index >= 15 is 0 Å². The lowest BCUT2D eigenvalue weighted by atomic mass is 9.90. The predicted molar refractivity (Wildman–Crippen MR) is 110 cm³/mol. The second-order valence-electron chi connectivity index (χ2n) is 7.28. The highest BCUT2D eigenvalue weighted by Gasteiger charge is 2.39. The van der Waals surface area contributed by atoms with Crippen LogP contribution in [0.5, 0.6) is 0 Å². The lowest BCUT2D eigenvalue weighted by molar-refractivity contribution is -0.138. The standard InChI is InChI=1S/C22H22F3N3OS/c1-14-6-4-7-15(12-14)27-19(29)10-5-11-30-21-17(13-26)20(22(23,24)25)16-8-2-3-9-18(16)28-21/h4,6-7,12H,2-3,5,8-11H2,1H3,(H,27,29). The van der Waals surface area contributed by atoms with Gasteiger partial charge in [-0.15, -0.1) is 11.8 Å². The number of nitrogens with zero attached hydrogens (tertiary/aromatic N) is 2. The fraction of sp³-hybridized carbons (Fsp3) is 0.409. The Labute approximate surface area is 177 Å². The Kier molecular flexibility index (Phi) is 7.03. The van der Waals surface area contributed by atoms with Crippen LogP contribution < -0.4 is 5.32 Å². The topological polar surface area (TPSA) is 65.8 Å². The summed E-state index contributed by atoms with van der Waals surface area (Å²) >= 11 is 1.11. The van der Waals surface area contributed by atoms with Crippen LogP contribution in [-0.4, -0.2) is 16.6 Å². The number of hydrogen-bond donors (Lipinski definition) is 1. The third-order valence-electron chi connectivity index (χ3n) is 4.92. The maximum absolute atomic E-state index is 13.7. The Morgan fingerprint density at radius 3 is 2.77 bits per heavy atom. The fourth-order valence-electron chi connectivity index (χ4n) is 3.59. The molecule has 1 aliphatic carbocycles. The quantitative estimate of drug-likeness (QED) is 0.471. The van der Waals surface area contributed by atoms with E-state index in [1.165, 1.54) is 0 Å². The molecule has 0 saturated carbocycles. The van der Waals surface area contributed by atoms with E-state index in [2.05, 4.69) is 10.3 Å². The summed E-state index contributed by atoms with van der Waals surface area (Å²) in [5, 5.41) is 12.4. The number of benzene rings is 1. The first kappa shape index (κ1) is 22.2. The molecule has 1 aliphatic rings. The number of amides is 1. The third kappa shape index (κ3) is 5.33.